The number of oxime groups is 1. The van der Waals surface area contributed by atoms with Crippen molar-refractivity contribution >= 4 is 29.4 Å². The molecule has 4 heteroatoms. The van der Waals surface area contributed by atoms with E-state index in [-0.39, 0.29) is 0 Å². The molecule has 0 unspecified atom stereocenters. The first-order valence-electron chi connectivity index (χ1n) is 6.06. The third-order valence-corrected chi connectivity index (χ3v) is 3.14. The summed E-state index contributed by atoms with van der Waals surface area (Å²) in [6.45, 7) is 0. The van der Waals surface area contributed by atoms with E-state index in [9.17, 15) is 4.79 Å². The van der Waals surface area contributed by atoms with E-state index in [1.54, 1.807) is 18.2 Å². The lowest BCUT2D eigenvalue weighted by Gasteiger charge is -2.01. The summed E-state index contributed by atoms with van der Waals surface area (Å²) in [5, 5.41) is 4.43. The van der Waals surface area contributed by atoms with Crippen LogP contribution in [0.3, 0.4) is 0 Å². The maximum atomic E-state index is 11.8. The van der Waals surface area contributed by atoms with E-state index in [1.807, 2.05) is 42.5 Å². The van der Waals surface area contributed by atoms with Gasteiger partial charge in [-0.05, 0) is 23.8 Å². The number of benzene rings is 2. The minimum atomic E-state index is -0.455. The van der Waals surface area contributed by atoms with Gasteiger partial charge in [0.05, 0.1) is 5.57 Å². The van der Waals surface area contributed by atoms with Gasteiger partial charge in [0, 0.05) is 10.6 Å². The van der Waals surface area contributed by atoms with Crippen molar-refractivity contribution in [1.82, 2.24) is 0 Å². The Morgan fingerprint density at radius 1 is 1.05 bits per heavy atom. The van der Waals surface area contributed by atoms with Crippen LogP contribution >= 0.6 is 11.6 Å². The Morgan fingerprint density at radius 2 is 1.85 bits per heavy atom. The van der Waals surface area contributed by atoms with Crippen molar-refractivity contribution in [2.24, 2.45) is 5.16 Å². The predicted octanol–water partition coefficient (Wildman–Crippen LogP) is 3.68. The standard InChI is InChI=1S/C16H10ClNO2/c17-13-8-4-7-12(10-13)15-14(16(19)20-18-15)9-11-5-2-1-3-6-11/h1-10H. The molecule has 0 N–H and O–H groups in total. The van der Waals surface area contributed by atoms with Crippen LogP contribution in [0.1, 0.15) is 11.1 Å². The van der Waals surface area contributed by atoms with Gasteiger partial charge in [-0.2, -0.15) is 0 Å². The fourth-order valence-corrected chi connectivity index (χ4v) is 2.16. The van der Waals surface area contributed by atoms with Crippen molar-refractivity contribution in [3.05, 3.63) is 76.3 Å². The number of hydrogen-bond acceptors (Lipinski definition) is 3. The van der Waals surface area contributed by atoms with Gasteiger partial charge in [0.1, 0.15) is 5.71 Å². The molecule has 3 rings (SSSR count). The molecule has 1 aliphatic rings. The highest BCUT2D eigenvalue weighted by Crippen LogP contribution is 2.22. The van der Waals surface area contributed by atoms with Crippen LogP contribution in [0.4, 0.5) is 0 Å². The molecule has 0 saturated heterocycles. The van der Waals surface area contributed by atoms with Gasteiger partial charge in [0.15, 0.2) is 0 Å². The molecule has 3 nitrogen and oxygen atoms in total. The third kappa shape index (κ3) is 2.49. The molecular formula is C16H10ClNO2. The van der Waals surface area contributed by atoms with E-state index in [0.29, 0.717) is 16.3 Å². The lowest BCUT2D eigenvalue weighted by Crippen LogP contribution is -2.06. The molecule has 20 heavy (non-hydrogen) atoms. The van der Waals surface area contributed by atoms with Gasteiger partial charge in [0.25, 0.3) is 0 Å². The SMILES string of the molecule is O=C1ON=C(c2cccc(Cl)c2)C1=Cc1ccccc1. The second-order valence-corrected chi connectivity index (χ2v) is 4.73. The van der Waals surface area contributed by atoms with Gasteiger partial charge in [-0.3, -0.25) is 0 Å². The molecule has 0 bridgehead atoms. The molecule has 0 aromatic heterocycles. The van der Waals surface area contributed by atoms with Crippen molar-refractivity contribution in [1.29, 1.82) is 0 Å². The zero-order valence-electron chi connectivity index (χ0n) is 10.4. The maximum Gasteiger partial charge on any atom is 0.368 e. The van der Waals surface area contributed by atoms with Crippen molar-refractivity contribution in [3.63, 3.8) is 0 Å². The molecule has 98 valence electrons. The van der Waals surface area contributed by atoms with Crippen LogP contribution in [0.5, 0.6) is 0 Å². The molecule has 1 heterocycles. The number of carbonyl (C=O) groups excluding carboxylic acids is 1. The first-order valence-corrected chi connectivity index (χ1v) is 6.44. The van der Waals surface area contributed by atoms with Gasteiger partial charge in [-0.1, -0.05) is 59.2 Å². The smallest absolute Gasteiger partial charge is 0.312 e. The lowest BCUT2D eigenvalue weighted by molar-refractivity contribution is -0.136. The number of rotatable bonds is 2. The fourth-order valence-electron chi connectivity index (χ4n) is 1.97. The first kappa shape index (κ1) is 12.6. The quantitative estimate of drug-likeness (QED) is 0.623. The van der Waals surface area contributed by atoms with Crippen molar-refractivity contribution in [3.8, 4) is 0 Å². The Bertz CT molecular complexity index is 720. The monoisotopic (exact) mass is 283 g/mol. The normalized spacial score (nSPS) is 16.1. The van der Waals surface area contributed by atoms with Crippen LogP contribution < -0.4 is 0 Å². The molecule has 0 spiro atoms. The molecule has 2 aromatic rings. The molecular weight excluding hydrogens is 274 g/mol. The van der Waals surface area contributed by atoms with Gasteiger partial charge < -0.3 is 4.84 Å². The highest BCUT2D eigenvalue weighted by molar-refractivity contribution is 6.33. The second kappa shape index (κ2) is 5.31. The largest absolute Gasteiger partial charge is 0.368 e. The van der Waals surface area contributed by atoms with E-state index in [2.05, 4.69) is 5.16 Å². The summed E-state index contributed by atoms with van der Waals surface area (Å²) in [6.07, 6.45) is 1.76. The minimum Gasteiger partial charge on any atom is -0.312 e. The molecule has 2 aromatic carbocycles. The highest BCUT2D eigenvalue weighted by atomic mass is 35.5. The molecule has 0 fully saturated rings. The molecule has 0 radical (unpaired) electrons. The van der Waals surface area contributed by atoms with Crippen molar-refractivity contribution in [2.75, 3.05) is 0 Å². The minimum absolute atomic E-state index is 0.429. The molecule has 0 amide bonds. The lowest BCUT2D eigenvalue weighted by atomic mass is 10.0. The summed E-state index contributed by atoms with van der Waals surface area (Å²) in [5.41, 5.74) is 2.60. The summed E-state index contributed by atoms with van der Waals surface area (Å²) in [5.74, 6) is -0.455. The summed E-state index contributed by atoms with van der Waals surface area (Å²) in [7, 11) is 0. The molecule has 0 saturated carbocycles. The van der Waals surface area contributed by atoms with Crippen LogP contribution in [0.2, 0.25) is 5.02 Å². The van der Waals surface area contributed by atoms with Crippen molar-refractivity contribution < 1.29 is 9.63 Å². The van der Waals surface area contributed by atoms with Crippen LogP contribution in [0, 0.1) is 0 Å². The molecule has 0 atom stereocenters. The van der Waals surface area contributed by atoms with E-state index < -0.39 is 5.97 Å². The first-order chi connectivity index (χ1) is 9.74. The number of carbonyl (C=O) groups is 1. The summed E-state index contributed by atoms with van der Waals surface area (Å²) < 4.78 is 0. The highest BCUT2D eigenvalue weighted by Gasteiger charge is 2.26. The zero-order valence-corrected chi connectivity index (χ0v) is 11.2. The number of halogens is 1. The van der Waals surface area contributed by atoms with E-state index in [1.165, 1.54) is 0 Å². The van der Waals surface area contributed by atoms with Crippen LogP contribution in [0.25, 0.3) is 6.08 Å². The van der Waals surface area contributed by atoms with E-state index >= 15 is 0 Å². The summed E-state index contributed by atoms with van der Waals surface area (Å²) in [6, 6.07) is 16.7. The maximum absolute atomic E-state index is 11.8. The van der Waals surface area contributed by atoms with Crippen LogP contribution in [0.15, 0.2) is 65.3 Å². The topological polar surface area (TPSA) is 38.7 Å². The Hall–Kier alpha value is -2.39. The Balaban J connectivity index is 2.03. The van der Waals surface area contributed by atoms with E-state index in [0.717, 1.165) is 11.1 Å². The third-order valence-electron chi connectivity index (χ3n) is 2.90. The number of nitrogens with zero attached hydrogens (tertiary/aromatic N) is 1. The predicted molar refractivity (Wildman–Crippen MR) is 78.5 cm³/mol. The van der Waals surface area contributed by atoms with E-state index in [4.69, 9.17) is 16.4 Å². The average Bonchev–Trinajstić information content (AvgIpc) is 2.82. The second-order valence-electron chi connectivity index (χ2n) is 4.30. The van der Waals surface area contributed by atoms with Crippen LogP contribution in [-0.2, 0) is 9.63 Å². The fraction of sp³-hybridized carbons (Fsp3) is 0. The van der Waals surface area contributed by atoms with Gasteiger partial charge in [-0.25, -0.2) is 4.79 Å². The van der Waals surface area contributed by atoms with Gasteiger partial charge >= 0.3 is 5.97 Å². The number of hydrogen-bond donors (Lipinski definition) is 0. The summed E-state index contributed by atoms with van der Waals surface area (Å²) >= 11 is 5.97. The Morgan fingerprint density at radius 3 is 2.60 bits per heavy atom. The average molecular weight is 284 g/mol. The molecule has 1 aliphatic heterocycles. The Kier molecular flexibility index (Phi) is 3.35. The zero-order chi connectivity index (χ0) is 13.9. The van der Waals surface area contributed by atoms with Gasteiger partial charge in [-0.15, -0.1) is 0 Å². The Labute approximate surface area is 121 Å². The van der Waals surface area contributed by atoms with Crippen LogP contribution in [-0.4, -0.2) is 11.7 Å². The molecule has 0 aliphatic carbocycles. The van der Waals surface area contributed by atoms with Gasteiger partial charge in [0.2, 0.25) is 0 Å². The van der Waals surface area contributed by atoms with Crippen molar-refractivity contribution in [2.45, 2.75) is 0 Å². The summed E-state index contributed by atoms with van der Waals surface area (Å²) in [4.78, 5) is 16.6.